The highest BCUT2D eigenvalue weighted by Gasteiger charge is 2.38. The maximum atomic E-state index is 11.6. The van der Waals surface area contributed by atoms with Crippen LogP contribution in [0.2, 0.25) is 0 Å². The number of rotatable bonds is 4. The topological polar surface area (TPSA) is 17.1 Å². The summed E-state index contributed by atoms with van der Waals surface area (Å²) in [5.74, 6) is 0.342. The van der Waals surface area contributed by atoms with Crippen LogP contribution >= 0.6 is 0 Å². The van der Waals surface area contributed by atoms with Gasteiger partial charge in [0.2, 0.25) is 0 Å². The molecule has 0 radical (unpaired) electrons. The molecule has 0 aliphatic carbocycles. The zero-order chi connectivity index (χ0) is 9.03. The normalized spacial score (nSPS) is 20.8. The highest BCUT2D eigenvalue weighted by Crippen LogP contribution is 2.20. The first-order chi connectivity index (χ1) is 5.75. The Kier molecular flexibility index (Phi) is 2.82. The van der Waals surface area contributed by atoms with Crippen molar-refractivity contribution in [2.75, 3.05) is 19.6 Å². The molecule has 1 aliphatic rings. The Bertz CT molecular complexity index is 198. The molecule has 0 aromatic carbocycles. The molecule has 1 rings (SSSR count). The molecule has 0 aromatic rings. The minimum Gasteiger partial charge on any atom is -0.254 e. The highest BCUT2D eigenvalue weighted by atomic mass is 16.2. The van der Waals surface area contributed by atoms with E-state index in [1.807, 2.05) is 12.2 Å². The second-order valence-corrected chi connectivity index (χ2v) is 3.31. The van der Waals surface area contributed by atoms with Crippen molar-refractivity contribution in [1.29, 1.82) is 0 Å². The quantitative estimate of drug-likeness (QED) is 0.457. The minimum absolute atomic E-state index is 0.342. The Labute approximate surface area is 73.8 Å². The molecule has 2 heteroatoms. The summed E-state index contributed by atoms with van der Waals surface area (Å²) in [7, 11) is 0. The average molecular weight is 166 g/mol. The lowest BCUT2D eigenvalue weighted by Crippen LogP contribution is -2.49. The molecule has 0 bridgehead atoms. The number of quaternary nitrogens is 1. The summed E-state index contributed by atoms with van der Waals surface area (Å²) in [6.45, 7) is 9.83. The van der Waals surface area contributed by atoms with Crippen LogP contribution in [0.25, 0.3) is 0 Å². The molecule has 0 spiro atoms. The van der Waals surface area contributed by atoms with Crippen LogP contribution < -0.4 is 0 Å². The molecule has 1 amide bonds. The standard InChI is InChI=1S/C10H16NO/c1-3-7-11(8-4-2)9-5-6-10(11)12/h3-4H,1-2,5-9H2/q+1. The molecule has 1 saturated heterocycles. The number of hydrogen-bond acceptors (Lipinski definition) is 1. The molecule has 1 heterocycles. The molecule has 12 heavy (non-hydrogen) atoms. The monoisotopic (exact) mass is 166 g/mol. The Morgan fingerprint density at radius 3 is 2.25 bits per heavy atom. The van der Waals surface area contributed by atoms with E-state index in [4.69, 9.17) is 0 Å². The molecule has 0 atom stereocenters. The molecule has 1 aliphatic heterocycles. The van der Waals surface area contributed by atoms with Gasteiger partial charge in [-0.3, -0.25) is 4.48 Å². The maximum Gasteiger partial charge on any atom is 0.314 e. The largest absolute Gasteiger partial charge is 0.314 e. The molecule has 2 nitrogen and oxygen atoms in total. The first-order valence-electron chi connectivity index (χ1n) is 4.36. The molecule has 66 valence electrons. The van der Waals surface area contributed by atoms with Crippen LogP contribution in [-0.4, -0.2) is 30.0 Å². The van der Waals surface area contributed by atoms with Gasteiger partial charge in [0.15, 0.2) is 0 Å². The smallest absolute Gasteiger partial charge is 0.254 e. The number of amides is 1. The van der Waals surface area contributed by atoms with Gasteiger partial charge in [-0.05, 0) is 12.2 Å². The predicted molar refractivity (Wildman–Crippen MR) is 49.5 cm³/mol. The average Bonchev–Trinajstić information content (AvgIpc) is 2.35. The van der Waals surface area contributed by atoms with Crippen LogP contribution in [0.4, 0.5) is 0 Å². The van der Waals surface area contributed by atoms with Gasteiger partial charge in [0, 0.05) is 6.42 Å². The summed E-state index contributed by atoms with van der Waals surface area (Å²) < 4.78 is 0.549. The molecule has 0 aromatic heterocycles. The summed E-state index contributed by atoms with van der Waals surface area (Å²) in [5, 5.41) is 0. The van der Waals surface area contributed by atoms with E-state index in [9.17, 15) is 4.79 Å². The third-order valence-corrected chi connectivity index (χ3v) is 2.46. The Morgan fingerprint density at radius 2 is 1.92 bits per heavy atom. The van der Waals surface area contributed by atoms with Crippen molar-refractivity contribution in [3.8, 4) is 0 Å². The molecule has 0 unspecified atom stereocenters. The van der Waals surface area contributed by atoms with Crippen molar-refractivity contribution in [2.24, 2.45) is 0 Å². The lowest BCUT2D eigenvalue weighted by atomic mass is 10.3. The Balaban J connectivity index is 2.76. The van der Waals surface area contributed by atoms with E-state index in [1.165, 1.54) is 0 Å². The Hall–Kier alpha value is -0.890. The van der Waals surface area contributed by atoms with Gasteiger partial charge in [-0.1, -0.05) is 13.2 Å². The molecule has 1 fully saturated rings. The van der Waals surface area contributed by atoms with Crippen molar-refractivity contribution < 1.29 is 9.28 Å². The van der Waals surface area contributed by atoms with Crippen LogP contribution in [0, 0.1) is 0 Å². The van der Waals surface area contributed by atoms with Gasteiger partial charge in [0.25, 0.3) is 0 Å². The summed E-state index contributed by atoms with van der Waals surface area (Å²) >= 11 is 0. The van der Waals surface area contributed by atoms with Crippen LogP contribution in [0.5, 0.6) is 0 Å². The van der Waals surface area contributed by atoms with E-state index in [2.05, 4.69) is 13.2 Å². The van der Waals surface area contributed by atoms with Gasteiger partial charge in [-0.2, -0.15) is 0 Å². The summed E-state index contributed by atoms with van der Waals surface area (Å²) in [4.78, 5) is 11.6. The van der Waals surface area contributed by atoms with E-state index in [-0.39, 0.29) is 0 Å². The van der Waals surface area contributed by atoms with E-state index in [0.717, 1.165) is 32.5 Å². The van der Waals surface area contributed by atoms with E-state index < -0.39 is 0 Å². The van der Waals surface area contributed by atoms with Crippen molar-refractivity contribution in [3.63, 3.8) is 0 Å². The lowest BCUT2D eigenvalue weighted by molar-refractivity contribution is -0.834. The minimum atomic E-state index is 0.342. The summed E-state index contributed by atoms with van der Waals surface area (Å²) in [5.41, 5.74) is 0. The van der Waals surface area contributed by atoms with Crippen LogP contribution in [-0.2, 0) is 4.79 Å². The third kappa shape index (κ3) is 1.48. The predicted octanol–water partition coefficient (Wildman–Crippen LogP) is 1.50. The van der Waals surface area contributed by atoms with Crippen molar-refractivity contribution in [1.82, 2.24) is 0 Å². The first-order valence-corrected chi connectivity index (χ1v) is 4.36. The van der Waals surface area contributed by atoms with E-state index >= 15 is 0 Å². The number of likely N-dealkylation sites (tertiary alicyclic amines) is 1. The van der Waals surface area contributed by atoms with Crippen molar-refractivity contribution in [3.05, 3.63) is 25.3 Å². The van der Waals surface area contributed by atoms with Gasteiger partial charge < -0.3 is 0 Å². The maximum absolute atomic E-state index is 11.6. The summed E-state index contributed by atoms with van der Waals surface area (Å²) in [6.07, 6.45) is 5.39. The third-order valence-electron chi connectivity index (χ3n) is 2.46. The number of carbonyl (C=O) groups excluding carboxylic acids is 1. The van der Waals surface area contributed by atoms with Crippen LogP contribution in [0.3, 0.4) is 0 Å². The van der Waals surface area contributed by atoms with E-state index in [1.54, 1.807) is 0 Å². The molecular formula is C10H16NO+. The molecular weight excluding hydrogens is 150 g/mol. The zero-order valence-corrected chi connectivity index (χ0v) is 7.46. The Morgan fingerprint density at radius 1 is 1.33 bits per heavy atom. The second kappa shape index (κ2) is 3.68. The summed E-state index contributed by atoms with van der Waals surface area (Å²) in [6, 6.07) is 0. The van der Waals surface area contributed by atoms with Gasteiger partial charge in [0.1, 0.15) is 13.1 Å². The number of hydrogen-bond donors (Lipinski definition) is 0. The fraction of sp³-hybridized carbons (Fsp3) is 0.500. The van der Waals surface area contributed by atoms with Gasteiger partial charge in [0.05, 0.1) is 13.0 Å². The van der Waals surface area contributed by atoms with E-state index in [0.29, 0.717) is 10.4 Å². The number of nitrogens with zero attached hydrogens (tertiary/aromatic N) is 1. The fourth-order valence-corrected chi connectivity index (χ4v) is 1.85. The van der Waals surface area contributed by atoms with Crippen molar-refractivity contribution >= 4 is 5.91 Å². The highest BCUT2D eigenvalue weighted by molar-refractivity contribution is 5.70. The number of carbonyl (C=O) groups is 1. The SMILES string of the molecule is C=CC[N+]1(CC=C)CCCC1=O. The van der Waals surface area contributed by atoms with Crippen molar-refractivity contribution in [2.45, 2.75) is 12.8 Å². The lowest BCUT2D eigenvalue weighted by Gasteiger charge is -2.28. The second-order valence-electron chi connectivity index (χ2n) is 3.31. The van der Waals surface area contributed by atoms with Crippen LogP contribution in [0.1, 0.15) is 12.8 Å². The van der Waals surface area contributed by atoms with Crippen LogP contribution in [0.15, 0.2) is 25.3 Å². The van der Waals surface area contributed by atoms with Gasteiger partial charge in [-0.25, -0.2) is 4.79 Å². The molecule has 0 saturated carbocycles. The fourth-order valence-electron chi connectivity index (χ4n) is 1.85. The first kappa shape index (κ1) is 9.20. The molecule has 0 N–H and O–H groups in total. The van der Waals surface area contributed by atoms with Gasteiger partial charge >= 0.3 is 5.91 Å². The zero-order valence-electron chi connectivity index (χ0n) is 7.46. The van der Waals surface area contributed by atoms with Gasteiger partial charge in [-0.15, -0.1) is 0 Å².